The molecule has 0 saturated carbocycles. The van der Waals surface area contributed by atoms with Crippen LogP contribution in [0.2, 0.25) is 0 Å². The molecule has 8 heteroatoms. The molecular weight excluding hydrogens is 286 g/mol. The van der Waals surface area contributed by atoms with Crippen molar-refractivity contribution < 1.29 is 27.3 Å². The molecule has 1 fully saturated rings. The summed E-state index contributed by atoms with van der Waals surface area (Å²) in [6, 6.07) is 0. The Labute approximate surface area is 122 Å². The van der Waals surface area contributed by atoms with Crippen molar-refractivity contribution >= 4 is 13.0 Å². The first-order chi connectivity index (χ1) is 9.46. The standard InChI is InChI=1S/C13H19BF3NO3/c1-11(2)12(3,4)21-14(20-11)9-7-5-6-8-18(9)10(19)13(15,16)17/h5-6,9H,7-8H2,1-4H3. The summed E-state index contributed by atoms with van der Waals surface area (Å²) in [4.78, 5) is 12.3. The van der Waals surface area contributed by atoms with Crippen molar-refractivity contribution in [3.63, 3.8) is 0 Å². The Hall–Kier alpha value is -1.02. The van der Waals surface area contributed by atoms with Crippen molar-refractivity contribution in [2.24, 2.45) is 0 Å². The highest BCUT2D eigenvalue weighted by molar-refractivity contribution is 6.48. The molecule has 0 aromatic rings. The second-order valence-corrected chi connectivity index (χ2v) is 6.35. The van der Waals surface area contributed by atoms with E-state index >= 15 is 0 Å². The van der Waals surface area contributed by atoms with E-state index in [4.69, 9.17) is 9.31 Å². The highest BCUT2D eigenvalue weighted by Gasteiger charge is 2.57. The summed E-state index contributed by atoms with van der Waals surface area (Å²) in [5.41, 5.74) is -1.29. The lowest BCUT2D eigenvalue weighted by Crippen LogP contribution is -2.55. The minimum Gasteiger partial charge on any atom is -0.402 e. The molecule has 0 bridgehead atoms. The highest BCUT2D eigenvalue weighted by Crippen LogP contribution is 2.39. The molecule has 4 nitrogen and oxygen atoms in total. The van der Waals surface area contributed by atoms with Crippen LogP contribution in [0.25, 0.3) is 0 Å². The summed E-state index contributed by atoms with van der Waals surface area (Å²) >= 11 is 0. The van der Waals surface area contributed by atoms with Gasteiger partial charge in [-0.1, -0.05) is 12.2 Å². The highest BCUT2D eigenvalue weighted by atomic mass is 19.4. The van der Waals surface area contributed by atoms with Crippen LogP contribution in [0, 0.1) is 0 Å². The number of hydrogen-bond donors (Lipinski definition) is 0. The van der Waals surface area contributed by atoms with Gasteiger partial charge in [0.15, 0.2) is 0 Å². The summed E-state index contributed by atoms with van der Waals surface area (Å²) in [5.74, 6) is -2.63. The Morgan fingerprint density at radius 1 is 1.19 bits per heavy atom. The van der Waals surface area contributed by atoms with Gasteiger partial charge in [-0.15, -0.1) is 0 Å². The van der Waals surface area contributed by atoms with Crippen LogP contribution >= 0.6 is 0 Å². The Morgan fingerprint density at radius 2 is 1.71 bits per heavy atom. The Kier molecular flexibility index (Phi) is 3.91. The maximum atomic E-state index is 12.7. The number of alkyl halides is 3. The molecule has 118 valence electrons. The number of halogens is 3. The van der Waals surface area contributed by atoms with E-state index in [0.717, 1.165) is 4.90 Å². The van der Waals surface area contributed by atoms with Crippen LogP contribution in [0.5, 0.6) is 0 Å². The molecule has 0 aromatic carbocycles. The Balaban J connectivity index is 2.22. The molecule has 0 spiro atoms. The van der Waals surface area contributed by atoms with Gasteiger partial charge in [0.1, 0.15) is 0 Å². The lowest BCUT2D eigenvalue weighted by Gasteiger charge is -2.34. The van der Waals surface area contributed by atoms with Crippen molar-refractivity contribution in [1.29, 1.82) is 0 Å². The second kappa shape index (κ2) is 5.02. The molecule has 2 aliphatic heterocycles. The van der Waals surface area contributed by atoms with Crippen LogP contribution in [-0.2, 0) is 14.1 Å². The van der Waals surface area contributed by atoms with Gasteiger partial charge >= 0.3 is 19.2 Å². The molecule has 0 N–H and O–H groups in total. The first kappa shape index (κ1) is 16.4. The molecule has 1 amide bonds. The number of hydrogen-bond acceptors (Lipinski definition) is 3. The smallest absolute Gasteiger partial charge is 0.402 e. The summed E-state index contributed by atoms with van der Waals surface area (Å²) in [5, 5.41) is 0. The molecule has 2 aliphatic rings. The van der Waals surface area contributed by atoms with Crippen molar-refractivity contribution in [3.05, 3.63) is 12.2 Å². The van der Waals surface area contributed by atoms with Crippen molar-refractivity contribution in [2.45, 2.75) is 57.4 Å². The minimum absolute atomic E-state index is 0.0902. The quantitative estimate of drug-likeness (QED) is 0.551. The molecular formula is C13H19BF3NO3. The van der Waals surface area contributed by atoms with E-state index in [1.54, 1.807) is 12.2 Å². The fourth-order valence-electron chi connectivity index (χ4n) is 2.39. The molecule has 0 aliphatic carbocycles. The fraction of sp³-hybridized carbons (Fsp3) is 0.769. The van der Waals surface area contributed by atoms with Crippen LogP contribution in [0.15, 0.2) is 12.2 Å². The third-order valence-electron chi connectivity index (χ3n) is 4.34. The van der Waals surface area contributed by atoms with E-state index in [-0.39, 0.29) is 13.0 Å². The monoisotopic (exact) mass is 305 g/mol. The summed E-state index contributed by atoms with van der Waals surface area (Å²) in [6.45, 7) is 7.19. The number of amides is 1. The SMILES string of the molecule is CC1(C)OB(C2CC=CCN2C(=O)C(F)(F)F)OC1(C)C. The van der Waals surface area contributed by atoms with E-state index in [2.05, 4.69) is 0 Å². The second-order valence-electron chi connectivity index (χ2n) is 6.35. The van der Waals surface area contributed by atoms with Gasteiger partial charge in [0.05, 0.1) is 17.1 Å². The summed E-state index contributed by atoms with van der Waals surface area (Å²) in [6.07, 6.45) is -1.33. The van der Waals surface area contributed by atoms with Gasteiger partial charge in [0.2, 0.25) is 0 Å². The third-order valence-corrected chi connectivity index (χ3v) is 4.34. The zero-order valence-corrected chi connectivity index (χ0v) is 12.5. The third kappa shape index (κ3) is 2.96. The maximum absolute atomic E-state index is 12.7. The van der Waals surface area contributed by atoms with Gasteiger partial charge in [-0.05, 0) is 34.1 Å². The van der Waals surface area contributed by atoms with E-state index in [0.29, 0.717) is 0 Å². The van der Waals surface area contributed by atoms with Crippen LogP contribution in [0.1, 0.15) is 34.1 Å². The normalized spacial score (nSPS) is 28.0. The molecule has 0 radical (unpaired) electrons. The molecule has 2 rings (SSSR count). The predicted molar refractivity (Wildman–Crippen MR) is 71.4 cm³/mol. The average molecular weight is 305 g/mol. The van der Waals surface area contributed by atoms with Crippen LogP contribution in [0.4, 0.5) is 13.2 Å². The van der Waals surface area contributed by atoms with E-state index in [9.17, 15) is 18.0 Å². The van der Waals surface area contributed by atoms with Crippen LogP contribution in [-0.4, -0.2) is 47.8 Å². The molecule has 21 heavy (non-hydrogen) atoms. The summed E-state index contributed by atoms with van der Waals surface area (Å²) in [7, 11) is -0.869. The van der Waals surface area contributed by atoms with E-state index in [1.165, 1.54) is 0 Å². The molecule has 1 saturated heterocycles. The fourth-order valence-corrected chi connectivity index (χ4v) is 2.39. The van der Waals surface area contributed by atoms with Gasteiger partial charge in [-0.25, -0.2) is 0 Å². The molecule has 1 unspecified atom stereocenters. The number of nitrogens with zero attached hydrogens (tertiary/aromatic N) is 1. The Morgan fingerprint density at radius 3 is 2.19 bits per heavy atom. The number of rotatable bonds is 1. The zero-order valence-electron chi connectivity index (χ0n) is 12.5. The summed E-state index contributed by atoms with van der Waals surface area (Å²) < 4.78 is 49.7. The number of carbonyl (C=O) groups excluding carboxylic acids is 1. The predicted octanol–water partition coefficient (Wildman–Crippen LogP) is 2.34. The van der Waals surface area contributed by atoms with Gasteiger partial charge < -0.3 is 14.2 Å². The van der Waals surface area contributed by atoms with Crippen LogP contribution in [0.3, 0.4) is 0 Å². The number of carbonyl (C=O) groups is 1. The first-order valence-corrected chi connectivity index (χ1v) is 6.84. The average Bonchev–Trinajstić information content (AvgIpc) is 2.56. The van der Waals surface area contributed by atoms with Gasteiger partial charge in [-0.3, -0.25) is 4.79 Å². The molecule has 1 atom stereocenters. The lowest BCUT2D eigenvalue weighted by atomic mass is 9.74. The first-order valence-electron chi connectivity index (χ1n) is 6.84. The van der Waals surface area contributed by atoms with Gasteiger partial charge in [0, 0.05) is 6.54 Å². The largest absolute Gasteiger partial charge is 0.482 e. The topological polar surface area (TPSA) is 38.8 Å². The van der Waals surface area contributed by atoms with Gasteiger partial charge in [0.25, 0.3) is 0 Å². The lowest BCUT2D eigenvalue weighted by molar-refractivity contribution is -0.186. The van der Waals surface area contributed by atoms with Crippen molar-refractivity contribution in [3.8, 4) is 0 Å². The van der Waals surface area contributed by atoms with Gasteiger partial charge in [-0.2, -0.15) is 13.2 Å². The maximum Gasteiger partial charge on any atom is 0.482 e. The molecule has 2 heterocycles. The van der Waals surface area contributed by atoms with Crippen LogP contribution < -0.4 is 0 Å². The minimum atomic E-state index is -4.90. The van der Waals surface area contributed by atoms with E-state index < -0.39 is 36.3 Å². The van der Waals surface area contributed by atoms with Crippen molar-refractivity contribution in [2.75, 3.05) is 6.54 Å². The van der Waals surface area contributed by atoms with E-state index in [1.807, 2.05) is 27.7 Å². The van der Waals surface area contributed by atoms with Crippen molar-refractivity contribution in [1.82, 2.24) is 4.90 Å². The molecule has 0 aromatic heterocycles. The zero-order chi connectivity index (χ0) is 16.1. The Bertz CT molecular complexity index is 446.